The van der Waals surface area contributed by atoms with Crippen molar-refractivity contribution in [2.45, 2.75) is 52.6 Å². The Hall–Kier alpha value is -0.770. The van der Waals surface area contributed by atoms with Gasteiger partial charge in [0.15, 0.2) is 0 Å². The van der Waals surface area contributed by atoms with Gasteiger partial charge in [-0.2, -0.15) is 0 Å². The molecule has 106 valence electrons. The molecule has 1 aromatic rings. The van der Waals surface area contributed by atoms with Crippen molar-refractivity contribution in [1.29, 1.82) is 0 Å². The summed E-state index contributed by atoms with van der Waals surface area (Å²) < 4.78 is 3.00. The molecule has 1 heterocycles. The number of amides is 1. The highest BCUT2D eigenvalue weighted by Crippen LogP contribution is 2.31. The number of nitrogens with zero attached hydrogens (tertiary/aromatic N) is 1. The highest BCUT2D eigenvalue weighted by atomic mass is 79.9. The Morgan fingerprint density at radius 1 is 1.47 bits per heavy atom. The number of carbonyl (C=O) groups excluding carboxylic acids is 1. The molecule has 1 fully saturated rings. The van der Waals surface area contributed by atoms with Gasteiger partial charge in [0.1, 0.15) is 5.69 Å². The van der Waals surface area contributed by atoms with Gasteiger partial charge in [0.2, 0.25) is 0 Å². The maximum atomic E-state index is 12.4. The molecule has 1 aliphatic rings. The topological polar surface area (TPSA) is 34.0 Å². The minimum atomic E-state index is 0.0603. The van der Waals surface area contributed by atoms with Gasteiger partial charge in [0.05, 0.1) is 0 Å². The fourth-order valence-corrected chi connectivity index (χ4v) is 3.37. The molecule has 3 unspecified atom stereocenters. The zero-order valence-electron chi connectivity index (χ0n) is 11.9. The molecule has 1 saturated carbocycles. The van der Waals surface area contributed by atoms with Gasteiger partial charge in [-0.05, 0) is 53.1 Å². The van der Waals surface area contributed by atoms with Gasteiger partial charge in [-0.3, -0.25) is 4.79 Å². The quantitative estimate of drug-likeness (QED) is 0.896. The summed E-state index contributed by atoms with van der Waals surface area (Å²) in [6.07, 6.45) is 5.33. The second kappa shape index (κ2) is 6.12. The van der Waals surface area contributed by atoms with E-state index in [-0.39, 0.29) is 5.91 Å². The molecule has 0 radical (unpaired) electrons. The first-order chi connectivity index (χ1) is 9.02. The molecule has 1 aliphatic carbocycles. The molecule has 0 aromatic carbocycles. The smallest absolute Gasteiger partial charge is 0.268 e. The predicted molar refractivity (Wildman–Crippen MR) is 81.2 cm³/mol. The summed E-state index contributed by atoms with van der Waals surface area (Å²) in [6.45, 7) is 7.51. The molecule has 0 aliphatic heterocycles. The number of rotatable bonds is 4. The van der Waals surface area contributed by atoms with Crippen molar-refractivity contribution in [2.24, 2.45) is 11.8 Å². The molecule has 1 aromatic heterocycles. The fraction of sp³-hybridized carbons (Fsp3) is 0.667. The first-order valence-corrected chi connectivity index (χ1v) is 7.98. The van der Waals surface area contributed by atoms with Crippen LogP contribution >= 0.6 is 15.9 Å². The number of nitrogens with one attached hydrogen (secondary N) is 1. The molecule has 2 rings (SSSR count). The highest BCUT2D eigenvalue weighted by molar-refractivity contribution is 9.10. The first-order valence-electron chi connectivity index (χ1n) is 7.19. The van der Waals surface area contributed by atoms with E-state index in [4.69, 9.17) is 0 Å². The lowest BCUT2D eigenvalue weighted by Gasteiger charge is -2.20. The molecule has 4 heteroatoms. The minimum absolute atomic E-state index is 0.0603. The van der Waals surface area contributed by atoms with E-state index in [0.717, 1.165) is 29.6 Å². The normalized spacial score (nSPS) is 26.6. The molecular weight excluding hydrogens is 304 g/mol. The van der Waals surface area contributed by atoms with Gasteiger partial charge in [-0.15, -0.1) is 0 Å². The van der Waals surface area contributed by atoms with Crippen molar-refractivity contribution >= 4 is 21.8 Å². The Morgan fingerprint density at radius 2 is 2.21 bits per heavy atom. The summed E-state index contributed by atoms with van der Waals surface area (Å²) in [5.41, 5.74) is 0.764. The molecule has 0 saturated heterocycles. The lowest BCUT2D eigenvalue weighted by atomic mass is 9.98. The van der Waals surface area contributed by atoms with Crippen LogP contribution in [0, 0.1) is 11.8 Å². The predicted octanol–water partition coefficient (Wildman–Crippen LogP) is 3.83. The summed E-state index contributed by atoms with van der Waals surface area (Å²) >= 11 is 3.45. The van der Waals surface area contributed by atoms with E-state index in [2.05, 4.69) is 42.0 Å². The molecule has 1 N–H and O–H groups in total. The molecule has 0 spiro atoms. The summed E-state index contributed by atoms with van der Waals surface area (Å²) in [5, 5.41) is 3.21. The SMILES string of the molecule is CCCn1cc(Br)cc1C(=O)NC1CCC(C)C1C. The van der Waals surface area contributed by atoms with Crippen molar-refractivity contribution in [3.05, 3.63) is 22.4 Å². The Balaban J connectivity index is 2.07. The van der Waals surface area contributed by atoms with Crippen molar-refractivity contribution < 1.29 is 4.79 Å². The van der Waals surface area contributed by atoms with Crippen LogP contribution < -0.4 is 5.32 Å². The van der Waals surface area contributed by atoms with Gasteiger partial charge in [0.25, 0.3) is 5.91 Å². The lowest BCUT2D eigenvalue weighted by Crippen LogP contribution is -2.38. The van der Waals surface area contributed by atoms with E-state index in [1.807, 2.05) is 16.8 Å². The van der Waals surface area contributed by atoms with Gasteiger partial charge < -0.3 is 9.88 Å². The van der Waals surface area contributed by atoms with Gasteiger partial charge >= 0.3 is 0 Å². The third-order valence-corrected chi connectivity index (χ3v) is 4.78. The molecule has 3 atom stereocenters. The van der Waals surface area contributed by atoms with Gasteiger partial charge in [-0.1, -0.05) is 20.8 Å². The van der Waals surface area contributed by atoms with Crippen LogP contribution in [0.5, 0.6) is 0 Å². The zero-order chi connectivity index (χ0) is 14.0. The van der Waals surface area contributed by atoms with Crippen LogP contribution in [0.3, 0.4) is 0 Å². The average molecular weight is 327 g/mol. The minimum Gasteiger partial charge on any atom is -0.348 e. The Kier molecular flexibility index (Phi) is 4.71. The fourth-order valence-electron chi connectivity index (χ4n) is 2.90. The summed E-state index contributed by atoms with van der Waals surface area (Å²) in [6, 6.07) is 2.24. The van der Waals surface area contributed by atoms with Crippen molar-refractivity contribution in [3.8, 4) is 0 Å². The Morgan fingerprint density at radius 3 is 2.79 bits per heavy atom. The van der Waals surface area contributed by atoms with E-state index in [1.54, 1.807) is 0 Å². The molecule has 1 amide bonds. The van der Waals surface area contributed by atoms with Crippen LogP contribution in [0.1, 0.15) is 50.5 Å². The van der Waals surface area contributed by atoms with Crippen molar-refractivity contribution in [2.75, 3.05) is 0 Å². The Labute approximate surface area is 123 Å². The first kappa shape index (κ1) is 14.6. The van der Waals surface area contributed by atoms with Crippen molar-refractivity contribution in [1.82, 2.24) is 9.88 Å². The van der Waals surface area contributed by atoms with Crippen LogP contribution in [0.15, 0.2) is 16.7 Å². The number of carbonyl (C=O) groups is 1. The van der Waals surface area contributed by atoms with Gasteiger partial charge in [0, 0.05) is 23.3 Å². The lowest BCUT2D eigenvalue weighted by molar-refractivity contribution is 0.0918. The number of halogens is 1. The standard InChI is InChI=1S/C15H23BrN2O/c1-4-7-18-9-12(16)8-14(18)15(19)17-13-6-5-10(2)11(13)3/h8-11,13H,4-7H2,1-3H3,(H,17,19). The number of hydrogen-bond acceptors (Lipinski definition) is 1. The van der Waals surface area contributed by atoms with E-state index in [9.17, 15) is 4.79 Å². The zero-order valence-corrected chi connectivity index (χ0v) is 13.5. The maximum absolute atomic E-state index is 12.4. The molecule has 0 bridgehead atoms. The Bertz CT molecular complexity index is 455. The largest absolute Gasteiger partial charge is 0.348 e. The van der Waals surface area contributed by atoms with Crippen molar-refractivity contribution in [3.63, 3.8) is 0 Å². The second-order valence-electron chi connectivity index (χ2n) is 5.73. The van der Waals surface area contributed by atoms with E-state index in [0.29, 0.717) is 17.9 Å². The van der Waals surface area contributed by atoms with Crippen LogP contribution in [0.2, 0.25) is 0 Å². The molecule has 3 nitrogen and oxygen atoms in total. The third-order valence-electron chi connectivity index (χ3n) is 4.34. The second-order valence-corrected chi connectivity index (χ2v) is 6.65. The average Bonchev–Trinajstić information content (AvgIpc) is 2.87. The van der Waals surface area contributed by atoms with Crippen LogP contribution in [-0.4, -0.2) is 16.5 Å². The summed E-state index contributed by atoms with van der Waals surface area (Å²) in [7, 11) is 0. The van der Waals surface area contributed by atoms with E-state index in [1.165, 1.54) is 6.42 Å². The maximum Gasteiger partial charge on any atom is 0.268 e. The number of aryl methyl sites for hydroxylation is 1. The van der Waals surface area contributed by atoms with Crippen LogP contribution in [0.4, 0.5) is 0 Å². The molecular formula is C15H23BrN2O. The number of aromatic nitrogens is 1. The van der Waals surface area contributed by atoms with Gasteiger partial charge in [-0.25, -0.2) is 0 Å². The van der Waals surface area contributed by atoms with Crippen LogP contribution in [0.25, 0.3) is 0 Å². The van der Waals surface area contributed by atoms with E-state index < -0.39 is 0 Å². The number of hydrogen-bond donors (Lipinski definition) is 1. The summed E-state index contributed by atoms with van der Waals surface area (Å²) in [5.74, 6) is 1.34. The molecule has 19 heavy (non-hydrogen) atoms. The van der Waals surface area contributed by atoms with Crippen LogP contribution in [-0.2, 0) is 6.54 Å². The third kappa shape index (κ3) is 3.22. The summed E-state index contributed by atoms with van der Waals surface area (Å²) in [4.78, 5) is 12.4. The monoisotopic (exact) mass is 326 g/mol. The van der Waals surface area contributed by atoms with E-state index >= 15 is 0 Å². The highest BCUT2D eigenvalue weighted by Gasteiger charge is 2.31.